The monoisotopic (exact) mass is 293 g/mol. The van der Waals surface area contributed by atoms with Crippen molar-refractivity contribution < 1.29 is 19.1 Å². The zero-order chi connectivity index (χ0) is 15.8. The first-order chi connectivity index (χ1) is 9.97. The second kappa shape index (κ2) is 8.01. The maximum atomic E-state index is 11.8. The standard InChI is InChI=1S/C14H19N3O4/c1-3-11(18)16-9-6-5-7-10(8-9)17-13(19)12(15)14(20)21-4-2/h5-8,12H,3-4,15H2,1-2H3,(H,16,18)(H,17,19). The van der Waals surface area contributed by atoms with E-state index in [0.717, 1.165) is 0 Å². The number of benzene rings is 1. The zero-order valence-electron chi connectivity index (χ0n) is 12.0. The Balaban J connectivity index is 2.70. The van der Waals surface area contributed by atoms with E-state index in [1.165, 1.54) is 0 Å². The van der Waals surface area contributed by atoms with E-state index in [1.807, 2.05) is 0 Å². The van der Waals surface area contributed by atoms with Gasteiger partial charge in [0.2, 0.25) is 5.91 Å². The fourth-order valence-corrected chi connectivity index (χ4v) is 1.48. The molecule has 0 aliphatic carbocycles. The van der Waals surface area contributed by atoms with Crippen molar-refractivity contribution in [1.82, 2.24) is 0 Å². The van der Waals surface area contributed by atoms with Crippen molar-refractivity contribution in [3.8, 4) is 0 Å². The predicted octanol–water partition coefficient (Wildman–Crippen LogP) is 0.864. The molecule has 7 nitrogen and oxygen atoms in total. The van der Waals surface area contributed by atoms with Gasteiger partial charge in [-0.05, 0) is 25.1 Å². The Kier molecular flexibility index (Phi) is 6.35. The average molecular weight is 293 g/mol. The number of esters is 1. The summed E-state index contributed by atoms with van der Waals surface area (Å²) >= 11 is 0. The minimum Gasteiger partial charge on any atom is -0.464 e. The number of hydrogen-bond acceptors (Lipinski definition) is 5. The van der Waals surface area contributed by atoms with Crippen LogP contribution in [-0.2, 0) is 19.1 Å². The summed E-state index contributed by atoms with van der Waals surface area (Å²) in [6.45, 7) is 3.51. The first kappa shape index (κ1) is 16.6. The van der Waals surface area contributed by atoms with Gasteiger partial charge in [-0.1, -0.05) is 13.0 Å². The summed E-state index contributed by atoms with van der Waals surface area (Å²) in [4.78, 5) is 34.5. The number of carbonyl (C=O) groups is 3. The van der Waals surface area contributed by atoms with Gasteiger partial charge in [0, 0.05) is 17.8 Å². The topological polar surface area (TPSA) is 111 Å². The lowest BCUT2D eigenvalue weighted by Gasteiger charge is -2.12. The number of ether oxygens (including phenoxy) is 1. The van der Waals surface area contributed by atoms with Gasteiger partial charge in [0.1, 0.15) is 0 Å². The van der Waals surface area contributed by atoms with Gasteiger partial charge >= 0.3 is 5.97 Å². The highest BCUT2D eigenvalue weighted by molar-refractivity contribution is 6.08. The van der Waals surface area contributed by atoms with Crippen LogP contribution in [0, 0.1) is 0 Å². The van der Waals surface area contributed by atoms with Crippen molar-refractivity contribution in [2.24, 2.45) is 5.73 Å². The Hall–Kier alpha value is -2.41. The van der Waals surface area contributed by atoms with Gasteiger partial charge in [-0.15, -0.1) is 0 Å². The summed E-state index contributed by atoms with van der Waals surface area (Å²) in [5.41, 5.74) is 6.45. The molecule has 21 heavy (non-hydrogen) atoms. The number of hydrogen-bond donors (Lipinski definition) is 3. The molecule has 0 aliphatic rings. The molecule has 1 aromatic rings. The molecule has 0 bridgehead atoms. The van der Waals surface area contributed by atoms with E-state index in [-0.39, 0.29) is 12.5 Å². The first-order valence-electron chi connectivity index (χ1n) is 6.60. The molecule has 114 valence electrons. The highest BCUT2D eigenvalue weighted by Gasteiger charge is 2.23. The van der Waals surface area contributed by atoms with Crippen molar-refractivity contribution in [2.75, 3.05) is 17.2 Å². The van der Waals surface area contributed by atoms with E-state index >= 15 is 0 Å². The normalized spacial score (nSPS) is 11.4. The molecule has 1 unspecified atom stereocenters. The highest BCUT2D eigenvalue weighted by Crippen LogP contribution is 2.15. The third-order valence-electron chi connectivity index (χ3n) is 2.56. The number of rotatable bonds is 6. The largest absolute Gasteiger partial charge is 0.464 e. The molecule has 0 radical (unpaired) electrons. The summed E-state index contributed by atoms with van der Waals surface area (Å²) < 4.78 is 4.67. The molecule has 0 aromatic heterocycles. The summed E-state index contributed by atoms with van der Waals surface area (Å²) in [6, 6.07) is 5.16. The molecule has 0 fully saturated rings. The SMILES string of the molecule is CCOC(=O)C(N)C(=O)Nc1cccc(NC(=O)CC)c1. The highest BCUT2D eigenvalue weighted by atomic mass is 16.5. The summed E-state index contributed by atoms with van der Waals surface area (Å²) in [5.74, 6) is -1.60. The van der Waals surface area contributed by atoms with Crippen LogP contribution < -0.4 is 16.4 Å². The van der Waals surface area contributed by atoms with Crippen LogP contribution in [-0.4, -0.2) is 30.4 Å². The predicted molar refractivity (Wildman–Crippen MR) is 78.6 cm³/mol. The van der Waals surface area contributed by atoms with Gasteiger partial charge in [-0.2, -0.15) is 0 Å². The number of nitrogens with one attached hydrogen (secondary N) is 2. The summed E-state index contributed by atoms with van der Waals surface area (Å²) in [7, 11) is 0. The average Bonchev–Trinajstić information content (AvgIpc) is 2.46. The Morgan fingerprint density at radius 2 is 1.81 bits per heavy atom. The van der Waals surface area contributed by atoms with Gasteiger partial charge in [-0.25, -0.2) is 4.79 Å². The van der Waals surface area contributed by atoms with Crippen LogP contribution in [0.5, 0.6) is 0 Å². The Morgan fingerprint density at radius 1 is 1.19 bits per heavy atom. The fraction of sp³-hybridized carbons (Fsp3) is 0.357. The quantitative estimate of drug-likeness (QED) is 0.532. The molecule has 0 aliphatic heterocycles. The molecule has 4 N–H and O–H groups in total. The number of carbonyl (C=O) groups excluding carboxylic acids is 3. The zero-order valence-corrected chi connectivity index (χ0v) is 12.0. The van der Waals surface area contributed by atoms with E-state index < -0.39 is 17.9 Å². The molecular formula is C14H19N3O4. The summed E-state index contributed by atoms with van der Waals surface area (Å²) in [5, 5.41) is 5.16. The third-order valence-corrected chi connectivity index (χ3v) is 2.56. The van der Waals surface area contributed by atoms with Gasteiger partial charge in [0.05, 0.1) is 6.61 Å². The lowest BCUT2D eigenvalue weighted by Crippen LogP contribution is -2.43. The van der Waals surface area contributed by atoms with E-state index in [2.05, 4.69) is 15.4 Å². The number of nitrogens with two attached hydrogens (primary N) is 1. The van der Waals surface area contributed by atoms with Crippen molar-refractivity contribution in [2.45, 2.75) is 26.3 Å². The lowest BCUT2D eigenvalue weighted by molar-refractivity contribution is -0.147. The molecule has 1 atom stereocenters. The third kappa shape index (κ3) is 5.23. The summed E-state index contributed by atoms with van der Waals surface area (Å²) in [6.07, 6.45) is 0.352. The number of amides is 2. The Morgan fingerprint density at radius 3 is 2.38 bits per heavy atom. The van der Waals surface area contributed by atoms with Crippen LogP contribution in [0.1, 0.15) is 20.3 Å². The van der Waals surface area contributed by atoms with E-state index in [4.69, 9.17) is 5.73 Å². The molecule has 1 rings (SSSR count). The second-order valence-electron chi connectivity index (χ2n) is 4.20. The van der Waals surface area contributed by atoms with Gasteiger partial charge in [0.15, 0.2) is 6.04 Å². The van der Waals surface area contributed by atoms with E-state index in [9.17, 15) is 14.4 Å². The van der Waals surface area contributed by atoms with Crippen molar-refractivity contribution >= 4 is 29.2 Å². The Labute approximate surface area is 122 Å². The van der Waals surface area contributed by atoms with Gasteiger partial charge in [0.25, 0.3) is 5.91 Å². The lowest BCUT2D eigenvalue weighted by atomic mass is 10.2. The first-order valence-corrected chi connectivity index (χ1v) is 6.60. The molecule has 0 heterocycles. The van der Waals surface area contributed by atoms with Gasteiger partial charge < -0.3 is 21.1 Å². The maximum absolute atomic E-state index is 11.8. The van der Waals surface area contributed by atoms with Crippen LogP contribution in [0.3, 0.4) is 0 Å². The van der Waals surface area contributed by atoms with Crippen LogP contribution in [0.2, 0.25) is 0 Å². The molecule has 0 saturated heterocycles. The molecule has 0 saturated carbocycles. The van der Waals surface area contributed by atoms with Crippen molar-refractivity contribution in [3.63, 3.8) is 0 Å². The second-order valence-corrected chi connectivity index (χ2v) is 4.20. The van der Waals surface area contributed by atoms with E-state index in [1.54, 1.807) is 38.1 Å². The van der Waals surface area contributed by atoms with Crippen LogP contribution >= 0.6 is 0 Å². The molecule has 2 amide bonds. The molecule has 1 aromatic carbocycles. The minimum absolute atomic E-state index is 0.137. The van der Waals surface area contributed by atoms with Crippen LogP contribution in [0.15, 0.2) is 24.3 Å². The van der Waals surface area contributed by atoms with Crippen LogP contribution in [0.25, 0.3) is 0 Å². The van der Waals surface area contributed by atoms with Crippen molar-refractivity contribution in [3.05, 3.63) is 24.3 Å². The number of anilines is 2. The van der Waals surface area contributed by atoms with E-state index in [0.29, 0.717) is 17.8 Å². The fourth-order valence-electron chi connectivity index (χ4n) is 1.48. The Bertz CT molecular complexity index is 531. The maximum Gasteiger partial charge on any atom is 0.332 e. The van der Waals surface area contributed by atoms with Gasteiger partial charge in [-0.3, -0.25) is 9.59 Å². The van der Waals surface area contributed by atoms with Crippen LogP contribution in [0.4, 0.5) is 11.4 Å². The molecular weight excluding hydrogens is 274 g/mol. The minimum atomic E-state index is -1.39. The molecule has 0 spiro atoms. The van der Waals surface area contributed by atoms with Crippen molar-refractivity contribution in [1.29, 1.82) is 0 Å². The smallest absolute Gasteiger partial charge is 0.332 e. The molecule has 7 heteroatoms.